The van der Waals surface area contributed by atoms with Gasteiger partial charge < -0.3 is 10.0 Å². The molecule has 7 nitrogen and oxygen atoms in total. The second kappa shape index (κ2) is 6.62. The SMILES string of the molecule is CN1CCc2cc(NS(=O)(=O)c3ccc(C(=O)O)c(Cl)c3)ccc2C1=O. The maximum Gasteiger partial charge on any atom is 0.337 e. The van der Waals surface area contributed by atoms with Crippen molar-refractivity contribution in [3.05, 3.63) is 58.1 Å². The normalized spacial score (nSPS) is 14.1. The predicted octanol–water partition coefficient (Wildman–Crippen LogP) is 2.47. The van der Waals surface area contributed by atoms with Crippen molar-refractivity contribution in [2.45, 2.75) is 11.3 Å². The number of hydrogen-bond donors (Lipinski definition) is 2. The highest BCUT2D eigenvalue weighted by molar-refractivity contribution is 7.92. The molecule has 1 amide bonds. The minimum Gasteiger partial charge on any atom is -0.478 e. The fourth-order valence-corrected chi connectivity index (χ4v) is 4.12. The molecule has 0 atom stereocenters. The quantitative estimate of drug-likeness (QED) is 0.829. The Morgan fingerprint density at radius 3 is 2.62 bits per heavy atom. The maximum atomic E-state index is 12.5. The average molecular weight is 395 g/mol. The van der Waals surface area contributed by atoms with Crippen molar-refractivity contribution in [2.75, 3.05) is 18.3 Å². The third kappa shape index (κ3) is 3.38. The minimum absolute atomic E-state index is 0.100. The number of nitrogens with zero attached hydrogens (tertiary/aromatic N) is 1. The van der Waals surface area contributed by atoms with Crippen LogP contribution in [0.25, 0.3) is 0 Å². The molecule has 136 valence electrons. The highest BCUT2D eigenvalue weighted by Crippen LogP contribution is 2.26. The van der Waals surface area contributed by atoms with Gasteiger partial charge >= 0.3 is 5.97 Å². The average Bonchev–Trinajstić information content (AvgIpc) is 2.57. The number of hydrogen-bond acceptors (Lipinski definition) is 4. The summed E-state index contributed by atoms with van der Waals surface area (Å²) >= 11 is 5.84. The number of likely N-dealkylation sites (N-methyl/N-ethyl adjacent to an activating group) is 1. The lowest BCUT2D eigenvalue weighted by Crippen LogP contribution is -2.34. The van der Waals surface area contributed by atoms with Crippen molar-refractivity contribution in [1.29, 1.82) is 0 Å². The molecule has 0 bridgehead atoms. The lowest BCUT2D eigenvalue weighted by atomic mass is 9.99. The van der Waals surface area contributed by atoms with Gasteiger partial charge in [-0.3, -0.25) is 9.52 Å². The summed E-state index contributed by atoms with van der Waals surface area (Å²) in [6, 6.07) is 8.14. The Morgan fingerprint density at radius 1 is 1.23 bits per heavy atom. The molecule has 1 aliphatic rings. The molecule has 0 saturated carbocycles. The molecule has 0 radical (unpaired) electrons. The Kier molecular flexibility index (Phi) is 4.64. The molecule has 0 fully saturated rings. The third-order valence-corrected chi connectivity index (χ3v) is 5.82. The molecule has 1 heterocycles. The fourth-order valence-electron chi connectivity index (χ4n) is 2.72. The van der Waals surface area contributed by atoms with Crippen LogP contribution in [0.5, 0.6) is 0 Å². The Labute approximate surface area is 155 Å². The largest absolute Gasteiger partial charge is 0.478 e. The van der Waals surface area contributed by atoms with Crippen LogP contribution in [0.15, 0.2) is 41.3 Å². The van der Waals surface area contributed by atoms with Gasteiger partial charge in [0.2, 0.25) is 0 Å². The van der Waals surface area contributed by atoms with Crippen molar-refractivity contribution >= 4 is 39.2 Å². The Balaban J connectivity index is 1.90. The molecule has 2 aromatic rings. The number of anilines is 1. The van der Waals surface area contributed by atoms with E-state index in [9.17, 15) is 18.0 Å². The smallest absolute Gasteiger partial charge is 0.337 e. The number of carboxylic acids is 1. The van der Waals surface area contributed by atoms with Crippen LogP contribution in [0.3, 0.4) is 0 Å². The van der Waals surface area contributed by atoms with Crippen molar-refractivity contribution in [2.24, 2.45) is 0 Å². The molecule has 0 spiro atoms. The zero-order chi connectivity index (χ0) is 19.1. The lowest BCUT2D eigenvalue weighted by molar-refractivity contribution is 0.0696. The molecule has 0 aromatic heterocycles. The van der Waals surface area contributed by atoms with Crippen molar-refractivity contribution < 1.29 is 23.1 Å². The van der Waals surface area contributed by atoms with Gasteiger partial charge in [-0.15, -0.1) is 0 Å². The van der Waals surface area contributed by atoms with Gasteiger partial charge in [0.15, 0.2) is 0 Å². The summed E-state index contributed by atoms with van der Waals surface area (Å²) in [4.78, 5) is 24.5. The van der Waals surface area contributed by atoms with Crippen LogP contribution in [-0.2, 0) is 16.4 Å². The lowest BCUT2D eigenvalue weighted by Gasteiger charge is -2.25. The number of halogens is 1. The summed E-state index contributed by atoms with van der Waals surface area (Å²) in [6.07, 6.45) is 0.631. The first-order valence-corrected chi connectivity index (χ1v) is 9.49. The number of sulfonamides is 1. The van der Waals surface area contributed by atoms with Gasteiger partial charge in [-0.05, 0) is 48.4 Å². The summed E-state index contributed by atoms with van der Waals surface area (Å²) in [7, 11) is -2.24. The van der Waals surface area contributed by atoms with E-state index in [0.29, 0.717) is 24.2 Å². The van der Waals surface area contributed by atoms with Crippen LogP contribution in [-0.4, -0.2) is 43.9 Å². The van der Waals surface area contributed by atoms with Crippen LogP contribution in [0.4, 0.5) is 5.69 Å². The van der Waals surface area contributed by atoms with E-state index in [0.717, 1.165) is 17.7 Å². The standard InChI is InChI=1S/C17H15ClN2O5S/c1-20-7-6-10-8-11(2-4-13(10)16(20)21)19-26(24,25)12-3-5-14(17(22)23)15(18)9-12/h2-5,8-9,19H,6-7H2,1H3,(H,22,23). The van der Waals surface area contributed by atoms with Gasteiger partial charge in [0, 0.05) is 24.8 Å². The van der Waals surface area contributed by atoms with Gasteiger partial charge in [-0.1, -0.05) is 11.6 Å². The topological polar surface area (TPSA) is 104 Å². The highest BCUT2D eigenvalue weighted by atomic mass is 35.5. The van der Waals surface area contributed by atoms with Gasteiger partial charge in [0.25, 0.3) is 15.9 Å². The molecule has 2 N–H and O–H groups in total. The fraction of sp³-hybridized carbons (Fsp3) is 0.176. The van der Waals surface area contributed by atoms with Crippen LogP contribution >= 0.6 is 11.6 Å². The zero-order valence-electron chi connectivity index (χ0n) is 13.7. The van der Waals surface area contributed by atoms with Crippen molar-refractivity contribution in [3.63, 3.8) is 0 Å². The van der Waals surface area contributed by atoms with Gasteiger partial charge in [0.1, 0.15) is 0 Å². The minimum atomic E-state index is -3.95. The van der Waals surface area contributed by atoms with E-state index >= 15 is 0 Å². The molecule has 26 heavy (non-hydrogen) atoms. The first kappa shape index (κ1) is 18.2. The van der Waals surface area contributed by atoms with E-state index in [1.54, 1.807) is 24.1 Å². The molecular weight excluding hydrogens is 380 g/mol. The molecule has 0 aliphatic carbocycles. The molecule has 3 rings (SSSR count). The summed E-state index contributed by atoms with van der Waals surface area (Å²) in [6.45, 7) is 0.564. The second-order valence-corrected chi connectivity index (χ2v) is 7.99. The molecule has 2 aromatic carbocycles. The van der Waals surface area contributed by atoms with E-state index < -0.39 is 16.0 Å². The number of fused-ring (bicyclic) bond motifs is 1. The molecular formula is C17H15ClN2O5S. The Morgan fingerprint density at radius 2 is 1.96 bits per heavy atom. The number of nitrogens with one attached hydrogen (secondary N) is 1. The number of carbonyl (C=O) groups excluding carboxylic acids is 1. The molecule has 1 aliphatic heterocycles. The first-order chi connectivity index (χ1) is 12.2. The Bertz CT molecular complexity index is 1020. The number of aromatic carboxylic acids is 1. The molecule has 0 unspecified atom stereocenters. The number of carboxylic acid groups (broad SMARTS) is 1. The summed E-state index contributed by atoms with van der Waals surface area (Å²) in [5.41, 5.74) is 1.46. The maximum absolute atomic E-state index is 12.5. The van der Waals surface area contributed by atoms with Gasteiger partial charge in [-0.2, -0.15) is 0 Å². The number of benzene rings is 2. The van der Waals surface area contributed by atoms with Crippen molar-refractivity contribution in [1.82, 2.24) is 4.90 Å². The van der Waals surface area contributed by atoms with Crippen LogP contribution in [0, 0.1) is 0 Å². The van der Waals surface area contributed by atoms with Gasteiger partial charge in [0.05, 0.1) is 15.5 Å². The highest BCUT2D eigenvalue weighted by Gasteiger charge is 2.23. The van der Waals surface area contributed by atoms with Gasteiger partial charge in [-0.25, -0.2) is 13.2 Å². The van der Waals surface area contributed by atoms with E-state index in [2.05, 4.69) is 4.72 Å². The molecule has 0 saturated heterocycles. The monoisotopic (exact) mass is 394 g/mol. The number of carbonyl (C=O) groups is 2. The van der Waals surface area contributed by atoms with E-state index in [4.69, 9.17) is 16.7 Å². The van der Waals surface area contributed by atoms with Crippen LogP contribution in [0.2, 0.25) is 5.02 Å². The molecule has 9 heteroatoms. The van der Waals surface area contributed by atoms with Crippen molar-refractivity contribution in [3.8, 4) is 0 Å². The van der Waals surface area contributed by atoms with E-state index in [1.807, 2.05) is 0 Å². The van der Waals surface area contributed by atoms with E-state index in [1.165, 1.54) is 12.1 Å². The number of amides is 1. The summed E-state index contributed by atoms with van der Waals surface area (Å²) < 4.78 is 27.5. The zero-order valence-corrected chi connectivity index (χ0v) is 15.3. The summed E-state index contributed by atoms with van der Waals surface area (Å²) in [5.74, 6) is -1.34. The summed E-state index contributed by atoms with van der Waals surface area (Å²) in [5, 5.41) is 8.80. The first-order valence-electron chi connectivity index (χ1n) is 7.63. The third-order valence-electron chi connectivity index (χ3n) is 4.13. The second-order valence-electron chi connectivity index (χ2n) is 5.90. The predicted molar refractivity (Wildman–Crippen MR) is 96.3 cm³/mol. The van der Waals surface area contributed by atoms with Crippen LogP contribution < -0.4 is 4.72 Å². The van der Waals surface area contributed by atoms with Crippen LogP contribution in [0.1, 0.15) is 26.3 Å². The Hall–Kier alpha value is -2.58. The van der Waals surface area contributed by atoms with E-state index in [-0.39, 0.29) is 21.4 Å². The number of rotatable bonds is 4.